The maximum Gasteiger partial charge on any atom is 0.162 e. The lowest BCUT2D eigenvalue weighted by atomic mass is 10.1. The van der Waals surface area contributed by atoms with Gasteiger partial charge in [-0.3, -0.25) is 0 Å². The fourth-order valence-corrected chi connectivity index (χ4v) is 1.65. The van der Waals surface area contributed by atoms with E-state index in [0.29, 0.717) is 11.3 Å². The Balaban J connectivity index is 2.02. The van der Waals surface area contributed by atoms with Gasteiger partial charge < -0.3 is 15.6 Å². The van der Waals surface area contributed by atoms with E-state index in [1.54, 1.807) is 24.3 Å². The van der Waals surface area contributed by atoms with Crippen molar-refractivity contribution in [2.75, 3.05) is 12.3 Å². The van der Waals surface area contributed by atoms with Gasteiger partial charge in [0.25, 0.3) is 0 Å². The molecule has 0 saturated heterocycles. The molecule has 0 bridgehead atoms. The molecule has 0 spiro atoms. The van der Waals surface area contributed by atoms with Crippen molar-refractivity contribution in [3.63, 3.8) is 0 Å². The monoisotopic (exact) mass is 265 g/mol. The number of nitrogens with two attached hydrogens (primary N) is 1. The number of anilines is 1. The first-order valence-corrected chi connectivity index (χ1v) is 5.68. The zero-order valence-electron chi connectivity index (χ0n) is 10.0. The van der Waals surface area contributed by atoms with Crippen LogP contribution in [0.2, 0.25) is 0 Å². The summed E-state index contributed by atoms with van der Waals surface area (Å²) in [6.07, 6.45) is -0.936. The zero-order valence-corrected chi connectivity index (χ0v) is 10.0. The second-order valence-corrected chi connectivity index (χ2v) is 4.03. The van der Waals surface area contributed by atoms with E-state index >= 15 is 0 Å². The Morgan fingerprint density at radius 1 is 1.11 bits per heavy atom. The van der Waals surface area contributed by atoms with Crippen molar-refractivity contribution in [2.24, 2.45) is 0 Å². The third kappa shape index (κ3) is 3.20. The number of rotatable bonds is 4. The number of aliphatic hydroxyl groups is 1. The third-order valence-electron chi connectivity index (χ3n) is 2.65. The first kappa shape index (κ1) is 13.3. The van der Waals surface area contributed by atoms with Gasteiger partial charge in [-0.2, -0.15) is 0 Å². The van der Waals surface area contributed by atoms with E-state index in [4.69, 9.17) is 10.5 Å². The third-order valence-corrected chi connectivity index (χ3v) is 2.65. The van der Waals surface area contributed by atoms with Gasteiger partial charge in [0, 0.05) is 17.3 Å². The first-order chi connectivity index (χ1) is 9.08. The number of ether oxygens (including phenoxy) is 1. The molecule has 0 heterocycles. The number of aliphatic hydroxyl groups excluding tert-OH is 1. The Bertz CT molecular complexity index is 575. The van der Waals surface area contributed by atoms with Crippen LogP contribution in [0.4, 0.5) is 14.5 Å². The van der Waals surface area contributed by atoms with Crippen molar-refractivity contribution < 1.29 is 18.6 Å². The molecule has 2 rings (SSSR count). The molecule has 0 aliphatic rings. The van der Waals surface area contributed by atoms with Crippen molar-refractivity contribution in [3.05, 3.63) is 59.7 Å². The fraction of sp³-hybridized carbons (Fsp3) is 0.143. The Labute approximate surface area is 109 Å². The lowest BCUT2D eigenvalue weighted by Crippen LogP contribution is -2.11. The molecule has 0 saturated carbocycles. The van der Waals surface area contributed by atoms with Crippen molar-refractivity contribution in [1.29, 1.82) is 0 Å². The van der Waals surface area contributed by atoms with Crippen LogP contribution in [0.5, 0.6) is 5.75 Å². The summed E-state index contributed by atoms with van der Waals surface area (Å²) in [4.78, 5) is 0. The molecular weight excluding hydrogens is 252 g/mol. The van der Waals surface area contributed by atoms with E-state index in [1.807, 2.05) is 0 Å². The maximum atomic E-state index is 13.0. The lowest BCUT2D eigenvalue weighted by Gasteiger charge is -2.14. The number of nitrogen functional groups attached to an aromatic ring is 1. The van der Waals surface area contributed by atoms with Gasteiger partial charge in [-0.05, 0) is 18.2 Å². The highest BCUT2D eigenvalue weighted by Gasteiger charge is 2.12. The van der Waals surface area contributed by atoms with Gasteiger partial charge in [0.15, 0.2) is 11.6 Å². The highest BCUT2D eigenvalue weighted by molar-refractivity contribution is 5.47. The normalized spacial score (nSPS) is 12.2. The van der Waals surface area contributed by atoms with Gasteiger partial charge in [0.1, 0.15) is 18.5 Å². The molecule has 1 atom stereocenters. The van der Waals surface area contributed by atoms with Crippen LogP contribution in [0.3, 0.4) is 0 Å². The van der Waals surface area contributed by atoms with E-state index in [0.717, 1.165) is 12.1 Å². The quantitative estimate of drug-likeness (QED) is 0.836. The summed E-state index contributed by atoms with van der Waals surface area (Å²) in [5.41, 5.74) is 6.69. The molecule has 0 aliphatic heterocycles. The topological polar surface area (TPSA) is 55.5 Å². The number of hydrogen-bond acceptors (Lipinski definition) is 3. The predicted molar refractivity (Wildman–Crippen MR) is 67.7 cm³/mol. The largest absolute Gasteiger partial charge is 0.490 e. The molecule has 0 radical (unpaired) electrons. The van der Waals surface area contributed by atoms with Gasteiger partial charge >= 0.3 is 0 Å². The molecule has 19 heavy (non-hydrogen) atoms. The highest BCUT2D eigenvalue weighted by Crippen LogP contribution is 2.22. The van der Waals surface area contributed by atoms with E-state index in [-0.39, 0.29) is 12.4 Å². The van der Waals surface area contributed by atoms with Crippen LogP contribution in [0, 0.1) is 11.6 Å². The van der Waals surface area contributed by atoms with Crippen molar-refractivity contribution in [3.8, 4) is 5.75 Å². The molecule has 100 valence electrons. The molecular formula is C14H13F2NO2. The molecule has 0 aliphatic carbocycles. The van der Waals surface area contributed by atoms with Crippen molar-refractivity contribution in [2.45, 2.75) is 6.10 Å². The number of benzene rings is 2. The minimum atomic E-state index is -0.994. The van der Waals surface area contributed by atoms with Gasteiger partial charge in [-0.15, -0.1) is 0 Å². The zero-order chi connectivity index (χ0) is 13.8. The molecule has 5 heteroatoms. The maximum absolute atomic E-state index is 13.0. The number of para-hydroxylation sites is 1. The summed E-state index contributed by atoms with van der Waals surface area (Å²) in [5, 5.41) is 9.91. The van der Waals surface area contributed by atoms with E-state index in [2.05, 4.69) is 0 Å². The molecule has 1 unspecified atom stereocenters. The average Bonchev–Trinajstić information content (AvgIpc) is 2.40. The smallest absolute Gasteiger partial charge is 0.162 e. The second kappa shape index (κ2) is 5.67. The van der Waals surface area contributed by atoms with E-state index < -0.39 is 17.7 Å². The summed E-state index contributed by atoms with van der Waals surface area (Å²) in [7, 11) is 0. The molecule has 0 fully saturated rings. The molecule has 0 amide bonds. The first-order valence-electron chi connectivity index (χ1n) is 5.68. The van der Waals surface area contributed by atoms with Gasteiger partial charge in [-0.25, -0.2) is 8.78 Å². The van der Waals surface area contributed by atoms with Gasteiger partial charge in [0.2, 0.25) is 0 Å². The second-order valence-electron chi connectivity index (χ2n) is 4.03. The summed E-state index contributed by atoms with van der Waals surface area (Å²) in [6.45, 7) is -0.0979. The van der Waals surface area contributed by atoms with Crippen LogP contribution in [0.15, 0.2) is 42.5 Å². The molecule has 3 N–H and O–H groups in total. The summed E-state index contributed by atoms with van der Waals surface area (Å²) < 4.78 is 30.9. The molecule has 2 aromatic rings. The molecule has 3 nitrogen and oxygen atoms in total. The average molecular weight is 265 g/mol. The van der Waals surface area contributed by atoms with Crippen LogP contribution in [-0.2, 0) is 0 Å². The Kier molecular flexibility index (Phi) is 3.97. The predicted octanol–water partition coefficient (Wildman–Crippen LogP) is 2.66. The Hall–Kier alpha value is -2.14. The van der Waals surface area contributed by atoms with E-state index in [1.165, 1.54) is 6.07 Å². The van der Waals surface area contributed by atoms with Crippen LogP contribution in [0.1, 0.15) is 11.7 Å². The summed E-state index contributed by atoms with van der Waals surface area (Å²) in [6, 6.07) is 10.0. The standard InChI is InChI=1S/C14H13F2NO2/c15-11-6-5-9(7-12(11)16)19-8-14(18)10-3-1-2-4-13(10)17/h1-7,14,18H,8,17H2. The van der Waals surface area contributed by atoms with Crippen LogP contribution in [-0.4, -0.2) is 11.7 Å². The van der Waals surface area contributed by atoms with Gasteiger partial charge in [0.05, 0.1) is 0 Å². The molecule has 0 aromatic heterocycles. The fourth-order valence-electron chi connectivity index (χ4n) is 1.65. The van der Waals surface area contributed by atoms with Crippen LogP contribution < -0.4 is 10.5 Å². The van der Waals surface area contributed by atoms with E-state index in [9.17, 15) is 13.9 Å². The Morgan fingerprint density at radius 3 is 2.53 bits per heavy atom. The van der Waals surface area contributed by atoms with Crippen molar-refractivity contribution >= 4 is 5.69 Å². The van der Waals surface area contributed by atoms with Crippen LogP contribution >= 0.6 is 0 Å². The minimum absolute atomic E-state index is 0.0979. The number of halogens is 2. The molecule has 2 aromatic carbocycles. The number of hydrogen-bond donors (Lipinski definition) is 2. The SMILES string of the molecule is Nc1ccccc1C(O)COc1ccc(F)c(F)c1. The van der Waals surface area contributed by atoms with Crippen molar-refractivity contribution in [1.82, 2.24) is 0 Å². The van der Waals surface area contributed by atoms with Gasteiger partial charge in [-0.1, -0.05) is 18.2 Å². The lowest BCUT2D eigenvalue weighted by molar-refractivity contribution is 0.108. The highest BCUT2D eigenvalue weighted by atomic mass is 19.2. The minimum Gasteiger partial charge on any atom is -0.490 e. The van der Waals surface area contributed by atoms with Crippen LogP contribution in [0.25, 0.3) is 0 Å². The Morgan fingerprint density at radius 2 is 1.84 bits per heavy atom. The summed E-state index contributed by atoms with van der Waals surface area (Å²) in [5.74, 6) is -1.79. The summed E-state index contributed by atoms with van der Waals surface area (Å²) >= 11 is 0.